The maximum absolute atomic E-state index is 12.2. The third kappa shape index (κ3) is 1.96. The third-order valence-electron chi connectivity index (χ3n) is 3.95. The number of thiophene rings is 1. The van der Waals surface area contributed by atoms with Gasteiger partial charge < -0.3 is 10.0 Å². The molecule has 1 aromatic carbocycles. The smallest absolute Gasteiger partial charge is 0.234 e. The molecule has 1 aliphatic heterocycles. The van der Waals surface area contributed by atoms with Crippen molar-refractivity contribution in [2.75, 3.05) is 11.9 Å². The fourth-order valence-electron chi connectivity index (χ4n) is 2.82. The molecule has 0 saturated heterocycles. The van der Waals surface area contributed by atoms with Gasteiger partial charge in [-0.15, -0.1) is 11.3 Å². The summed E-state index contributed by atoms with van der Waals surface area (Å²) in [6.07, 6.45) is 0.174. The van der Waals surface area contributed by atoms with Crippen molar-refractivity contribution in [2.24, 2.45) is 0 Å². The molecular weight excluding hydrogens is 270 g/mol. The van der Waals surface area contributed by atoms with Crippen LogP contribution in [0.25, 0.3) is 0 Å². The number of carbonyl (C=O) groups excluding carboxylic acids is 1. The van der Waals surface area contributed by atoms with Crippen LogP contribution < -0.4 is 4.90 Å². The molecule has 2 aromatic rings. The van der Waals surface area contributed by atoms with E-state index in [0.717, 1.165) is 28.1 Å². The van der Waals surface area contributed by atoms with Gasteiger partial charge in [-0.05, 0) is 41.1 Å². The SMILES string of the molecule is CCC1C(=O)N(C)c2ccc(C(O)c3cccs3)cc21. The molecule has 0 fully saturated rings. The monoisotopic (exact) mass is 287 g/mol. The zero-order valence-corrected chi connectivity index (χ0v) is 12.4. The van der Waals surface area contributed by atoms with Crippen molar-refractivity contribution in [3.63, 3.8) is 0 Å². The summed E-state index contributed by atoms with van der Waals surface area (Å²) in [6, 6.07) is 9.69. The highest BCUT2D eigenvalue weighted by Crippen LogP contribution is 2.40. The number of nitrogens with zero attached hydrogens (tertiary/aromatic N) is 1. The van der Waals surface area contributed by atoms with Crippen molar-refractivity contribution in [1.82, 2.24) is 0 Å². The molecule has 104 valence electrons. The van der Waals surface area contributed by atoms with Crippen LogP contribution in [-0.2, 0) is 4.79 Å². The average Bonchev–Trinajstić information content (AvgIpc) is 3.07. The average molecular weight is 287 g/mol. The molecule has 3 nitrogen and oxygen atoms in total. The summed E-state index contributed by atoms with van der Waals surface area (Å²) in [4.78, 5) is 14.8. The summed E-state index contributed by atoms with van der Waals surface area (Å²) in [7, 11) is 1.81. The van der Waals surface area contributed by atoms with Crippen LogP contribution in [0.5, 0.6) is 0 Å². The van der Waals surface area contributed by atoms with Crippen molar-refractivity contribution < 1.29 is 9.90 Å². The Morgan fingerprint density at radius 3 is 2.85 bits per heavy atom. The van der Waals surface area contributed by atoms with Crippen molar-refractivity contribution >= 4 is 22.9 Å². The minimum absolute atomic E-state index is 0.0783. The van der Waals surface area contributed by atoms with Gasteiger partial charge >= 0.3 is 0 Å². The largest absolute Gasteiger partial charge is 0.383 e. The van der Waals surface area contributed by atoms with Gasteiger partial charge in [0.15, 0.2) is 0 Å². The Morgan fingerprint density at radius 2 is 2.20 bits per heavy atom. The van der Waals surface area contributed by atoms with Gasteiger partial charge in [-0.25, -0.2) is 0 Å². The number of hydrogen-bond acceptors (Lipinski definition) is 3. The van der Waals surface area contributed by atoms with Gasteiger partial charge in [-0.3, -0.25) is 4.79 Å². The summed E-state index contributed by atoms with van der Waals surface area (Å²) in [5, 5.41) is 12.4. The quantitative estimate of drug-likeness (QED) is 0.941. The Kier molecular flexibility index (Phi) is 3.36. The first-order valence-corrected chi connectivity index (χ1v) is 7.64. The van der Waals surface area contributed by atoms with E-state index in [1.54, 1.807) is 4.90 Å². The molecule has 2 unspecified atom stereocenters. The Bertz CT molecular complexity index is 636. The molecular formula is C16H17NO2S. The van der Waals surface area contributed by atoms with Crippen molar-refractivity contribution in [1.29, 1.82) is 0 Å². The molecule has 0 aliphatic carbocycles. The first-order chi connectivity index (χ1) is 9.63. The number of aliphatic hydroxyl groups excluding tert-OH is 1. The number of aliphatic hydroxyl groups is 1. The first kappa shape index (κ1) is 13.3. The highest BCUT2D eigenvalue weighted by Gasteiger charge is 2.34. The predicted octanol–water partition coefficient (Wildman–Crippen LogP) is 3.30. The van der Waals surface area contributed by atoms with Crippen LogP contribution in [0.3, 0.4) is 0 Å². The molecule has 2 atom stereocenters. The Labute approximate surface area is 122 Å². The molecule has 2 heterocycles. The summed E-state index contributed by atoms with van der Waals surface area (Å²) < 4.78 is 0. The highest BCUT2D eigenvalue weighted by molar-refractivity contribution is 7.10. The molecule has 0 spiro atoms. The van der Waals surface area contributed by atoms with Gasteiger partial charge in [0.2, 0.25) is 5.91 Å². The zero-order valence-electron chi connectivity index (χ0n) is 11.5. The summed E-state index contributed by atoms with van der Waals surface area (Å²) in [5.41, 5.74) is 2.85. The number of benzene rings is 1. The van der Waals surface area contributed by atoms with Crippen LogP contribution in [-0.4, -0.2) is 18.1 Å². The van der Waals surface area contributed by atoms with E-state index in [1.807, 2.05) is 49.7 Å². The fourth-order valence-corrected chi connectivity index (χ4v) is 3.56. The van der Waals surface area contributed by atoms with E-state index >= 15 is 0 Å². The van der Waals surface area contributed by atoms with E-state index in [2.05, 4.69) is 0 Å². The van der Waals surface area contributed by atoms with Crippen LogP contribution in [0.1, 0.15) is 41.4 Å². The van der Waals surface area contributed by atoms with Crippen LogP contribution in [0, 0.1) is 0 Å². The molecule has 0 saturated carbocycles. The Balaban J connectivity index is 2.02. The zero-order chi connectivity index (χ0) is 14.3. The van der Waals surface area contributed by atoms with E-state index < -0.39 is 6.10 Å². The van der Waals surface area contributed by atoms with E-state index in [-0.39, 0.29) is 11.8 Å². The third-order valence-corrected chi connectivity index (χ3v) is 4.88. The number of anilines is 1. The summed E-state index contributed by atoms with van der Waals surface area (Å²) >= 11 is 1.54. The van der Waals surface area contributed by atoms with Gasteiger partial charge in [0, 0.05) is 17.6 Å². The van der Waals surface area contributed by atoms with Crippen LogP contribution >= 0.6 is 11.3 Å². The molecule has 20 heavy (non-hydrogen) atoms. The van der Waals surface area contributed by atoms with E-state index in [1.165, 1.54) is 11.3 Å². The van der Waals surface area contributed by atoms with E-state index in [4.69, 9.17) is 0 Å². The van der Waals surface area contributed by atoms with Gasteiger partial charge in [0.25, 0.3) is 0 Å². The van der Waals surface area contributed by atoms with Crippen LogP contribution in [0.15, 0.2) is 35.7 Å². The second-order valence-electron chi connectivity index (χ2n) is 5.09. The fraction of sp³-hybridized carbons (Fsp3) is 0.312. The number of rotatable bonds is 3. The molecule has 0 radical (unpaired) electrons. The second-order valence-corrected chi connectivity index (χ2v) is 6.07. The number of likely N-dealkylation sites (N-methyl/N-ethyl adjacent to an activating group) is 1. The Morgan fingerprint density at radius 1 is 1.40 bits per heavy atom. The van der Waals surface area contributed by atoms with Gasteiger partial charge in [-0.1, -0.05) is 19.1 Å². The van der Waals surface area contributed by atoms with Gasteiger partial charge in [0.05, 0.1) is 5.92 Å². The standard InChI is InChI=1S/C16H17NO2S/c1-3-11-12-9-10(15(18)14-5-4-8-20-14)6-7-13(12)17(2)16(11)19/h4-9,11,15,18H,3H2,1-2H3. The topological polar surface area (TPSA) is 40.5 Å². The number of fused-ring (bicyclic) bond motifs is 1. The molecule has 0 bridgehead atoms. The summed E-state index contributed by atoms with van der Waals surface area (Å²) in [6.45, 7) is 2.02. The normalized spacial score (nSPS) is 19.2. The molecule has 1 aromatic heterocycles. The number of amides is 1. The van der Waals surface area contributed by atoms with Crippen molar-refractivity contribution in [3.05, 3.63) is 51.7 Å². The predicted molar refractivity (Wildman–Crippen MR) is 81.3 cm³/mol. The van der Waals surface area contributed by atoms with E-state index in [0.29, 0.717) is 0 Å². The number of carbonyl (C=O) groups is 1. The first-order valence-electron chi connectivity index (χ1n) is 6.76. The summed E-state index contributed by atoms with van der Waals surface area (Å²) in [5.74, 6) is 0.0655. The molecule has 1 amide bonds. The lowest BCUT2D eigenvalue weighted by Gasteiger charge is -2.13. The van der Waals surface area contributed by atoms with Gasteiger partial charge in [-0.2, -0.15) is 0 Å². The van der Waals surface area contributed by atoms with Crippen molar-refractivity contribution in [3.8, 4) is 0 Å². The maximum Gasteiger partial charge on any atom is 0.234 e. The minimum Gasteiger partial charge on any atom is -0.383 e. The molecule has 1 aliphatic rings. The lowest BCUT2D eigenvalue weighted by Crippen LogP contribution is -2.23. The van der Waals surface area contributed by atoms with E-state index in [9.17, 15) is 9.90 Å². The lowest BCUT2D eigenvalue weighted by molar-refractivity contribution is -0.119. The van der Waals surface area contributed by atoms with Gasteiger partial charge in [0.1, 0.15) is 6.10 Å². The minimum atomic E-state index is -0.612. The lowest BCUT2D eigenvalue weighted by atomic mass is 9.95. The highest BCUT2D eigenvalue weighted by atomic mass is 32.1. The maximum atomic E-state index is 12.2. The second kappa shape index (κ2) is 5.04. The van der Waals surface area contributed by atoms with Crippen LogP contribution in [0.4, 0.5) is 5.69 Å². The number of hydrogen-bond donors (Lipinski definition) is 1. The van der Waals surface area contributed by atoms with Crippen molar-refractivity contribution in [2.45, 2.75) is 25.4 Å². The van der Waals surface area contributed by atoms with Crippen LogP contribution in [0.2, 0.25) is 0 Å². The molecule has 3 rings (SSSR count). The Hall–Kier alpha value is -1.65. The molecule has 1 N–H and O–H groups in total. The molecule has 4 heteroatoms.